The third-order valence-electron chi connectivity index (χ3n) is 2.17. The van der Waals surface area contributed by atoms with E-state index in [1.54, 1.807) is 6.07 Å². The van der Waals surface area contributed by atoms with Crippen molar-refractivity contribution in [1.82, 2.24) is 0 Å². The predicted octanol–water partition coefficient (Wildman–Crippen LogP) is 3.90. The van der Waals surface area contributed by atoms with Crippen molar-refractivity contribution in [3.8, 4) is 0 Å². The molecule has 0 aliphatic heterocycles. The number of rotatable bonds is 4. The van der Waals surface area contributed by atoms with E-state index in [0.29, 0.717) is 4.47 Å². The largest absolute Gasteiger partial charge is 0.478 e. The van der Waals surface area contributed by atoms with Crippen LogP contribution >= 0.6 is 15.9 Å². The van der Waals surface area contributed by atoms with Crippen molar-refractivity contribution in [2.24, 2.45) is 0 Å². The lowest BCUT2D eigenvalue weighted by molar-refractivity contribution is -0.136. The highest BCUT2D eigenvalue weighted by atomic mass is 79.9. The molecule has 0 spiro atoms. The second-order valence-corrected chi connectivity index (χ2v) is 4.69. The van der Waals surface area contributed by atoms with Gasteiger partial charge in [0.05, 0.1) is 17.7 Å². The summed E-state index contributed by atoms with van der Waals surface area (Å²) in [7, 11) is 0. The molecular formula is C11H11BrF3NO2. The monoisotopic (exact) mass is 325 g/mol. The molecule has 100 valence electrons. The van der Waals surface area contributed by atoms with Gasteiger partial charge in [0.25, 0.3) is 0 Å². The molecule has 0 fully saturated rings. The lowest BCUT2D eigenvalue weighted by Crippen LogP contribution is -2.24. The van der Waals surface area contributed by atoms with Crippen LogP contribution in [0.3, 0.4) is 0 Å². The smallest absolute Gasteiger partial charge is 0.391 e. The number of carbonyl (C=O) groups is 1. The first-order valence-electron chi connectivity index (χ1n) is 5.06. The Balaban J connectivity index is 2.91. The van der Waals surface area contributed by atoms with Crippen molar-refractivity contribution in [3.05, 3.63) is 28.2 Å². The highest BCUT2D eigenvalue weighted by Crippen LogP contribution is 2.28. The Morgan fingerprint density at radius 2 is 2.11 bits per heavy atom. The first kappa shape index (κ1) is 14.8. The maximum atomic E-state index is 12.2. The normalized spacial score (nSPS) is 13.2. The molecule has 0 aromatic heterocycles. The summed E-state index contributed by atoms with van der Waals surface area (Å²) in [5.41, 5.74) is 0.0835. The quantitative estimate of drug-likeness (QED) is 0.882. The van der Waals surface area contributed by atoms with E-state index < -0.39 is 24.6 Å². The summed E-state index contributed by atoms with van der Waals surface area (Å²) in [6.45, 7) is 1.35. The Morgan fingerprint density at radius 3 is 2.61 bits per heavy atom. The molecule has 0 aliphatic carbocycles. The van der Waals surface area contributed by atoms with Gasteiger partial charge in [-0.05, 0) is 35.0 Å². The van der Waals surface area contributed by atoms with Crippen LogP contribution < -0.4 is 5.32 Å². The molecule has 18 heavy (non-hydrogen) atoms. The van der Waals surface area contributed by atoms with E-state index in [1.165, 1.54) is 19.1 Å². The van der Waals surface area contributed by atoms with E-state index in [-0.39, 0.29) is 11.3 Å². The molecule has 0 aliphatic rings. The Kier molecular flexibility index (Phi) is 4.61. The zero-order valence-corrected chi connectivity index (χ0v) is 11.0. The summed E-state index contributed by atoms with van der Waals surface area (Å²) in [4.78, 5) is 11.0. The number of hydrogen-bond donors (Lipinski definition) is 2. The number of benzene rings is 1. The molecule has 1 unspecified atom stereocenters. The fourth-order valence-corrected chi connectivity index (χ4v) is 2.06. The van der Waals surface area contributed by atoms with Crippen LogP contribution in [0, 0.1) is 0 Å². The van der Waals surface area contributed by atoms with E-state index in [9.17, 15) is 18.0 Å². The minimum absolute atomic E-state index is 0.0773. The molecule has 0 bridgehead atoms. The molecule has 0 heterocycles. The summed E-state index contributed by atoms with van der Waals surface area (Å²) in [6.07, 6.45) is -5.32. The molecule has 0 saturated heterocycles. The Bertz CT molecular complexity index is 448. The standard InChI is InChI=1S/C11H11BrF3NO2/c1-6(5-11(13,14)15)16-8-4-2-3-7(12)9(8)10(17)18/h2-4,6,16H,5H2,1H3,(H,17,18). The highest BCUT2D eigenvalue weighted by molar-refractivity contribution is 9.10. The summed E-state index contributed by atoms with van der Waals surface area (Å²) in [5, 5.41) is 11.6. The van der Waals surface area contributed by atoms with Crippen LogP contribution in [0.4, 0.5) is 18.9 Å². The van der Waals surface area contributed by atoms with Crippen molar-refractivity contribution >= 4 is 27.6 Å². The van der Waals surface area contributed by atoms with Crippen LogP contribution in [-0.4, -0.2) is 23.3 Å². The van der Waals surface area contributed by atoms with Gasteiger partial charge >= 0.3 is 12.1 Å². The SMILES string of the molecule is CC(CC(F)(F)F)Nc1cccc(Br)c1C(=O)O. The number of halogens is 4. The molecule has 1 atom stereocenters. The fourth-order valence-electron chi connectivity index (χ4n) is 1.53. The van der Waals surface area contributed by atoms with Crippen molar-refractivity contribution in [2.45, 2.75) is 25.6 Å². The number of anilines is 1. The first-order chi connectivity index (χ1) is 8.20. The van der Waals surface area contributed by atoms with Crippen LogP contribution in [0.2, 0.25) is 0 Å². The third-order valence-corrected chi connectivity index (χ3v) is 2.83. The topological polar surface area (TPSA) is 49.3 Å². The van der Waals surface area contributed by atoms with Crippen molar-refractivity contribution in [1.29, 1.82) is 0 Å². The van der Waals surface area contributed by atoms with Gasteiger partial charge in [-0.25, -0.2) is 4.79 Å². The highest BCUT2D eigenvalue weighted by Gasteiger charge is 2.30. The molecule has 2 N–H and O–H groups in total. The molecule has 1 rings (SSSR count). The Labute approximate surface area is 110 Å². The van der Waals surface area contributed by atoms with Crippen LogP contribution in [-0.2, 0) is 0 Å². The van der Waals surface area contributed by atoms with E-state index in [0.717, 1.165) is 0 Å². The minimum atomic E-state index is -4.29. The van der Waals surface area contributed by atoms with Gasteiger partial charge in [-0.2, -0.15) is 13.2 Å². The van der Waals surface area contributed by atoms with E-state index in [2.05, 4.69) is 21.2 Å². The minimum Gasteiger partial charge on any atom is -0.478 e. The van der Waals surface area contributed by atoms with Gasteiger partial charge in [0, 0.05) is 10.5 Å². The van der Waals surface area contributed by atoms with Gasteiger partial charge in [0.1, 0.15) is 0 Å². The van der Waals surface area contributed by atoms with Gasteiger partial charge in [0.2, 0.25) is 0 Å². The summed E-state index contributed by atoms with van der Waals surface area (Å²) in [6, 6.07) is 3.60. The zero-order chi connectivity index (χ0) is 13.9. The summed E-state index contributed by atoms with van der Waals surface area (Å²) >= 11 is 3.06. The number of hydrogen-bond acceptors (Lipinski definition) is 2. The summed E-state index contributed by atoms with van der Waals surface area (Å²) in [5.74, 6) is -1.20. The van der Waals surface area contributed by atoms with Crippen LogP contribution in [0.15, 0.2) is 22.7 Å². The van der Waals surface area contributed by atoms with Gasteiger partial charge in [-0.3, -0.25) is 0 Å². The van der Waals surface area contributed by atoms with Crippen molar-refractivity contribution in [3.63, 3.8) is 0 Å². The number of carboxylic acids is 1. The lowest BCUT2D eigenvalue weighted by Gasteiger charge is -2.18. The number of nitrogens with one attached hydrogen (secondary N) is 1. The molecule has 0 amide bonds. The maximum absolute atomic E-state index is 12.2. The van der Waals surface area contributed by atoms with Crippen LogP contribution in [0.25, 0.3) is 0 Å². The van der Waals surface area contributed by atoms with Gasteiger partial charge in [0.15, 0.2) is 0 Å². The molecular weight excluding hydrogens is 315 g/mol. The van der Waals surface area contributed by atoms with E-state index in [4.69, 9.17) is 5.11 Å². The molecule has 0 saturated carbocycles. The van der Waals surface area contributed by atoms with Gasteiger partial charge < -0.3 is 10.4 Å². The van der Waals surface area contributed by atoms with Gasteiger partial charge in [-0.1, -0.05) is 6.07 Å². The first-order valence-corrected chi connectivity index (χ1v) is 5.85. The Morgan fingerprint density at radius 1 is 1.50 bits per heavy atom. The number of carboxylic acid groups (broad SMARTS) is 1. The zero-order valence-electron chi connectivity index (χ0n) is 9.38. The van der Waals surface area contributed by atoms with Crippen LogP contribution in [0.1, 0.15) is 23.7 Å². The fraction of sp³-hybridized carbons (Fsp3) is 0.364. The molecule has 0 radical (unpaired) electrons. The van der Waals surface area contributed by atoms with Crippen LogP contribution in [0.5, 0.6) is 0 Å². The second-order valence-electron chi connectivity index (χ2n) is 3.83. The molecule has 1 aromatic carbocycles. The average molecular weight is 326 g/mol. The lowest BCUT2D eigenvalue weighted by atomic mass is 10.1. The third kappa shape index (κ3) is 4.21. The van der Waals surface area contributed by atoms with Gasteiger partial charge in [-0.15, -0.1) is 0 Å². The second kappa shape index (κ2) is 5.60. The van der Waals surface area contributed by atoms with Crippen molar-refractivity contribution < 1.29 is 23.1 Å². The molecule has 3 nitrogen and oxygen atoms in total. The number of aromatic carboxylic acids is 1. The van der Waals surface area contributed by atoms with E-state index >= 15 is 0 Å². The molecule has 1 aromatic rings. The van der Waals surface area contributed by atoms with E-state index in [1.807, 2.05) is 0 Å². The summed E-state index contributed by atoms with van der Waals surface area (Å²) < 4.78 is 36.9. The Hall–Kier alpha value is -1.24. The molecule has 7 heteroatoms. The van der Waals surface area contributed by atoms with Crippen molar-refractivity contribution in [2.75, 3.05) is 5.32 Å². The number of alkyl halides is 3. The average Bonchev–Trinajstić information content (AvgIpc) is 2.13. The predicted molar refractivity (Wildman–Crippen MR) is 64.9 cm³/mol. The maximum Gasteiger partial charge on any atom is 0.391 e.